The van der Waals surface area contributed by atoms with Crippen LogP contribution in [-0.2, 0) is 6.54 Å². The summed E-state index contributed by atoms with van der Waals surface area (Å²) in [7, 11) is 0. The molecule has 1 aromatic carbocycles. The number of hydrogen-bond acceptors (Lipinski definition) is 2. The van der Waals surface area contributed by atoms with Crippen molar-refractivity contribution in [2.45, 2.75) is 6.54 Å². The van der Waals surface area contributed by atoms with Gasteiger partial charge in [-0.1, -0.05) is 18.2 Å². The normalized spacial score (nSPS) is 10.8. The van der Waals surface area contributed by atoms with Gasteiger partial charge in [0.1, 0.15) is 0 Å². The molecule has 2 nitrogen and oxygen atoms in total. The second-order valence-corrected chi connectivity index (χ2v) is 5.09. The van der Waals surface area contributed by atoms with Gasteiger partial charge in [0.2, 0.25) is 0 Å². The molecule has 0 amide bonds. The Morgan fingerprint density at radius 1 is 1.35 bits per heavy atom. The average Bonchev–Trinajstić information content (AvgIpc) is 2.81. The lowest BCUT2D eigenvalue weighted by Crippen LogP contribution is -2.16. The van der Waals surface area contributed by atoms with Gasteiger partial charge in [-0.3, -0.25) is 0 Å². The van der Waals surface area contributed by atoms with Crippen LogP contribution in [0.15, 0.2) is 43.1 Å². The molecular weight excluding hydrogens is 228 g/mol. The fraction of sp³-hybridized carbons (Fsp3) is 0.286. The lowest BCUT2D eigenvalue weighted by atomic mass is 10.1. The van der Waals surface area contributed by atoms with E-state index in [1.807, 2.05) is 24.0 Å². The smallest absolute Gasteiger partial charge is 0.0457 e. The molecule has 0 radical (unpaired) electrons. The van der Waals surface area contributed by atoms with Crippen LogP contribution in [0.2, 0.25) is 0 Å². The van der Waals surface area contributed by atoms with E-state index in [4.69, 9.17) is 0 Å². The first-order valence-corrected chi connectivity index (χ1v) is 7.01. The molecule has 90 valence electrons. The van der Waals surface area contributed by atoms with E-state index < -0.39 is 0 Å². The summed E-state index contributed by atoms with van der Waals surface area (Å²) in [5, 5.41) is 4.72. The number of aromatic nitrogens is 1. The molecule has 0 saturated heterocycles. The molecule has 2 aromatic rings. The highest BCUT2D eigenvalue weighted by Gasteiger charge is 1.96. The molecule has 2 N–H and O–H groups in total. The predicted molar refractivity (Wildman–Crippen MR) is 77.5 cm³/mol. The van der Waals surface area contributed by atoms with Gasteiger partial charge in [0.25, 0.3) is 0 Å². The Kier molecular flexibility index (Phi) is 4.71. The Morgan fingerprint density at radius 2 is 2.29 bits per heavy atom. The number of H-pyrrole nitrogens is 1. The van der Waals surface area contributed by atoms with Gasteiger partial charge in [-0.25, -0.2) is 0 Å². The Labute approximate surface area is 106 Å². The Balaban J connectivity index is 1.76. The number of nitrogens with one attached hydrogen (secondary N) is 2. The summed E-state index contributed by atoms with van der Waals surface area (Å²) >= 11 is 1.91. The zero-order valence-corrected chi connectivity index (χ0v) is 10.7. The van der Waals surface area contributed by atoms with Gasteiger partial charge >= 0.3 is 0 Å². The molecule has 0 unspecified atom stereocenters. The first-order valence-electron chi connectivity index (χ1n) is 5.85. The van der Waals surface area contributed by atoms with E-state index in [0.29, 0.717) is 0 Å². The number of benzene rings is 1. The Hall–Kier alpha value is -1.19. The van der Waals surface area contributed by atoms with Crippen LogP contribution in [0, 0.1) is 0 Å². The summed E-state index contributed by atoms with van der Waals surface area (Å²) in [6.07, 6.45) is 3.93. The van der Waals surface area contributed by atoms with Crippen LogP contribution in [0.4, 0.5) is 0 Å². The van der Waals surface area contributed by atoms with E-state index in [9.17, 15) is 0 Å². The van der Waals surface area contributed by atoms with Crippen LogP contribution in [0.1, 0.15) is 5.56 Å². The first kappa shape index (κ1) is 12.3. The van der Waals surface area contributed by atoms with Gasteiger partial charge in [0, 0.05) is 36.3 Å². The minimum atomic E-state index is 0.934. The highest BCUT2D eigenvalue weighted by atomic mass is 32.2. The van der Waals surface area contributed by atoms with Crippen LogP contribution in [0.3, 0.4) is 0 Å². The van der Waals surface area contributed by atoms with Crippen molar-refractivity contribution in [1.29, 1.82) is 0 Å². The largest absolute Gasteiger partial charge is 0.361 e. The molecule has 1 aromatic heterocycles. The quantitative estimate of drug-likeness (QED) is 0.580. The summed E-state index contributed by atoms with van der Waals surface area (Å²) in [5.41, 5.74) is 2.54. The maximum absolute atomic E-state index is 3.71. The van der Waals surface area contributed by atoms with Crippen LogP contribution < -0.4 is 5.32 Å². The number of aromatic amines is 1. The second-order valence-electron chi connectivity index (χ2n) is 3.94. The van der Waals surface area contributed by atoms with Gasteiger partial charge in [-0.2, -0.15) is 11.8 Å². The molecule has 1 heterocycles. The second kappa shape index (κ2) is 6.52. The summed E-state index contributed by atoms with van der Waals surface area (Å²) in [6, 6.07) is 8.65. The van der Waals surface area contributed by atoms with Crippen molar-refractivity contribution < 1.29 is 0 Å². The molecule has 2 rings (SSSR count). The maximum atomic E-state index is 3.71. The van der Waals surface area contributed by atoms with E-state index in [1.54, 1.807) is 0 Å². The number of hydrogen-bond donors (Lipinski definition) is 2. The third kappa shape index (κ3) is 3.65. The van der Waals surface area contributed by atoms with Crippen molar-refractivity contribution in [2.24, 2.45) is 0 Å². The topological polar surface area (TPSA) is 27.8 Å². The molecule has 0 aliphatic rings. The van der Waals surface area contributed by atoms with Crippen molar-refractivity contribution in [3.63, 3.8) is 0 Å². The van der Waals surface area contributed by atoms with Crippen molar-refractivity contribution >= 4 is 22.7 Å². The van der Waals surface area contributed by atoms with Gasteiger partial charge < -0.3 is 10.3 Å². The maximum Gasteiger partial charge on any atom is 0.0457 e. The Bertz CT molecular complexity index is 476. The molecule has 17 heavy (non-hydrogen) atoms. The van der Waals surface area contributed by atoms with Gasteiger partial charge in [0.05, 0.1) is 0 Å². The molecule has 0 saturated carbocycles. The van der Waals surface area contributed by atoms with E-state index in [1.165, 1.54) is 16.5 Å². The van der Waals surface area contributed by atoms with Crippen LogP contribution in [0.25, 0.3) is 10.9 Å². The summed E-state index contributed by atoms with van der Waals surface area (Å²) in [6.45, 7) is 5.68. The molecule has 0 aliphatic heterocycles. The Morgan fingerprint density at radius 3 is 3.18 bits per heavy atom. The zero-order chi connectivity index (χ0) is 11.9. The van der Waals surface area contributed by atoms with E-state index in [2.05, 4.69) is 41.1 Å². The van der Waals surface area contributed by atoms with Crippen LogP contribution in [0.5, 0.6) is 0 Å². The summed E-state index contributed by atoms with van der Waals surface area (Å²) in [4.78, 5) is 3.24. The van der Waals surface area contributed by atoms with Crippen LogP contribution in [-0.4, -0.2) is 23.0 Å². The number of fused-ring (bicyclic) bond motifs is 1. The van der Waals surface area contributed by atoms with Gasteiger partial charge in [-0.05, 0) is 23.1 Å². The van der Waals surface area contributed by atoms with Gasteiger partial charge in [0.15, 0.2) is 0 Å². The third-order valence-electron chi connectivity index (χ3n) is 2.61. The zero-order valence-electron chi connectivity index (χ0n) is 9.91. The fourth-order valence-corrected chi connectivity index (χ4v) is 2.37. The molecule has 0 fully saturated rings. The molecule has 3 heteroatoms. The molecule has 0 aliphatic carbocycles. The van der Waals surface area contributed by atoms with Crippen molar-refractivity contribution in [3.8, 4) is 0 Å². The van der Waals surface area contributed by atoms with E-state index >= 15 is 0 Å². The summed E-state index contributed by atoms with van der Waals surface area (Å²) < 4.78 is 0. The summed E-state index contributed by atoms with van der Waals surface area (Å²) in [5.74, 6) is 2.17. The van der Waals surface area contributed by atoms with Gasteiger partial charge in [-0.15, -0.1) is 6.58 Å². The first-order chi connectivity index (χ1) is 8.40. The standard InChI is InChI=1S/C14H18N2S/c1-2-8-17-9-7-15-11-12-3-4-13-5-6-16-14(13)10-12/h2-6,10,15-16H,1,7-9,11H2. The molecule has 0 spiro atoms. The monoisotopic (exact) mass is 246 g/mol. The highest BCUT2D eigenvalue weighted by Crippen LogP contribution is 2.13. The number of thioether (sulfide) groups is 1. The lowest BCUT2D eigenvalue weighted by Gasteiger charge is -2.04. The number of rotatable bonds is 7. The van der Waals surface area contributed by atoms with Crippen LogP contribution >= 0.6 is 11.8 Å². The average molecular weight is 246 g/mol. The lowest BCUT2D eigenvalue weighted by molar-refractivity contribution is 0.733. The SMILES string of the molecule is C=CCSCCNCc1ccc2cc[nH]c2c1. The van der Waals surface area contributed by atoms with Crippen molar-refractivity contribution in [2.75, 3.05) is 18.1 Å². The minimum Gasteiger partial charge on any atom is -0.361 e. The predicted octanol–water partition coefficient (Wildman–Crippen LogP) is 3.18. The van der Waals surface area contributed by atoms with E-state index in [-0.39, 0.29) is 0 Å². The minimum absolute atomic E-state index is 0.934. The van der Waals surface area contributed by atoms with E-state index in [0.717, 1.165) is 24.6 Å². The van der Waals surface area contributed by atoms with Crippen molar-refractivity contribution in [1.82, 2.24) is 10.3 Å². The molecule has 0 atom stereocenters. The third-order valence-corrected chi connectivity index (χ3v) is 3.57. The fourth-order valence-electron chi connectivity index (χ4n) is 1.75. The van der Waals surface area contributed by atoms with Crippen molar-refractivity contribution in [3.05, 3.63) is 48.7 Å². The molecular formula is C14H18N2S. The highest BCUT2D eigenvalue weighted by molar-refractivity contribution is 7.99. The molecule has 0 bridgehead atoms.